The first-order valence-electron chi connectivity index (χ1n) is 13.6. The molecule has 10 nitrogen and oxygen atoms in total. The lowest BCUT2D eigenvalue weighted by Crippen LogP contribution is -2.48. The molecule has 4 heterocycles. The molecule has 222 valence electrons. The van der Waals surface area contributed by atoms with E-state index < -0.39 is 29.7 Å². The number of halogens is 3. The van der Waals surface area contributed by atoms with Gasteiger partial charge in [0.15, 0.2) is 17.2 Å². The van der Waals surface area contributed by atoms with E-state index in [-0.39, 0.29) is 30.0 Å². The molecule has 5 N–H and O–H groups in total. The van der Waals surface area contributed by atoms with Crippen molar-refractivity contribution in [3.63, 3.8) is 0 Å². The number of nitrogens with zero attached hydrogens (tertiary/aromatic N) is 5. The molecule has 1 aliphatic rings. The molecule has 3 atom stereocenters. The standard InChI is InChI=1S/C29H32F3N7O3/c1-27(2,3)16-4-6-18-19-7-5-17(29(30,31)32)11-21(19)38(20(18)10-16)9-8-34-12-22-24(40)28(41,13-42-22)39-15-37-23-25(33)35-14-36-26(23)39/h4-7,10-11,14-15,22,24,34,40-41H,8-9,12-13H2,1-3H3,(H2,33,35,36). The maximum atomic E-state index is 13.6. The third-order valence-corrected chi connectivity index (χ3v) is 8.03. The van der Waals surface area contributed by atoms with Crippen LogP contribution in [0.3, 0.4) is 0 Å². The SMILES string of the molecule is CC(C)(C)c1ccc2c3ccc(C(F)(F)F)cc3n(CCNCC3OCC(O)(n4cnc5c(N)ncnc54)C3O)c2c1. The Balaban J connectivity index is 1.23. The summed E-state index contributed by atoms with van der Waals surface area (Å²) in [5.74, 6) is 0.149. The quantitative estimate of drug-likeness (QED) is 0.223. The van der Waals surface area contributed by atoms with Crippen LogP contribution in [0, 0.1) is 0 Å². The number of aliphatic hydroxyl groups excluding tert-OH is 1. The van der Waals surface area contributed by atoms with Crippen LogP contribution in [0.25, 0.3) is 33.0 Å². The minimum atomic E-state index is -4.46. The second-order valence-corrected chi connectivity index (χ2v) is 11.8. The van der Waals surface area contributed by atoms with Crippen LogP contribution < -0.4 is 11.1 Å². The number of nitrogen functional groups attached to an aromatic ring is 1. The fourth-order valence-electron chi connectivity index (χ4n) is 5.64. The van der Waals surface area contributed by atoms with Gasteiger partial charge in [-0.15, -0.1) is 0 Å². The van der Waals surface area contributed by atoms with Gasteiger partial charge in [-0.2, -0.15) is 13.2 Å². The van der Waals surface area contributed by atoms with Gasteiger partial charge in [0.2, 0.25) is 0 Å². The molecule has 0 amide bonds. The molecule has 0 saturated carbocycles. The zero-order valence-electron chi connectivity index (χ0n) is 23.4. The van der Waals surface area contributed by atoms with E-state index in [0.29, 0.717) is 24.1 Å². The number of fused-ring (bicyclic) bond motifs is 4. The molecule has 0 radical (unpaired) electrons. The van der Waals surface area contributed by atoms with Crippen molar-refractivity contribution in [2.75, 3.05) is 25.4 Å². The van der Waals surface area contributed by atoms with Gasteiger partial charge < -0.3 is 30.6 Å². The maximum Gasteiger partial charge on any atom is 0.416 e. The highest BCUT2D eigenvalue weighted by Crippen LogP contribution is 2.37. The normalized spacial score (nSPS) is 21.7. The van der Waals surface area contributed by atoms with E-state index in [4.69, 9.17) is 10.5 Å². The van der Waals surface area contributed by atoms with E-state index in [0.717, 1.165) is 27.9 Å². The molecule has 0 spiro atoms. The van der Waals surface area contributed by atoms with Gasteiger partial charge in [0.05, 0.1) is 18.5 Å². The van der Waals surface area contributed by atoms with Gasteiger partial charge in [-0.1, -0.05) is 39.0 Å². The Kier molecular flexibility index (Phi) is 6.68. The number of anilines is 1. The summed E-state index contributed by atoms with van der Waals surface area (Å²) in [7, 11) is 0. The van der Waals surface area contributed by atoms with Crippen LogP contribution in [-0.4, -0.2) is 66.2 Å². The van der Waals surface area contributed by atoms with Crippen molar-refractivity contribution >= 4 is 38.8 Å². The molecule has 1 saturated heterocycles. The fraction of sp³-hybridized carbons (Fsp3) is 0.414. The number of alkyl halides is 3. The molecule has 3 unspecified atom stereocenters. The molecule has 1 aliphatic heterocycles. The second kappa shape index (κ2) is 9.90. The predicted octanol–water partition coefficient (Wildman–Crippen LogP) is 3.53. The number of nitrogens with one attached hydrogen (secondary N) is 1. The van der Waals surface area contributed by atoms with Gasteiger partial charge in [-0.25, -0.2) is 15.0 Å². The summed E-state index contributed by atoms with van der Waals surface area (Å²) >= 11 is 0. The van der Waals surface area contributed by atoms with Crippen molar-refractivity contribution in [2.24, 2.45) is 0 Å². The monoisotopic (exact) mass is 583 g/mol. The number of benzene rings is 2. The molecule has 13 heteroatoms. The summed E-state index contributed by atoms with van der Waals surface area (Å²) < 4.78 is 49.8. The third kappa shape index (κ3) is 4.66. The Labute approximate surface area is 238 Å². The van der Waals surface area contributed by atoms with Gasteiger partial charge in [-0.3, -0.25) is 4.57 Å². The fourth-order valence-corrected chi connectivity index (χ4v) is 5.64. The smallest absolute Gasteiger partial charge is 0.385 e. The van der Waals surface area contributed by atoms with Crippen molar-refractivity contribution < 1.29 is 28.1 Å². The highest BCUT2D eigenvalue weighted by atomic mass is 19.4. The number of ether oxygens (including phenoxy) is 1. The van der Waals surface area contributed by atoms with Crippen LogP contribution in [0.5, 0.6) is 0 Å². The summed E-state index contributed by atoms with van der Waals surface area (Å²) in [6.45, 7) is 6.99. The van der Waals surface area contributed by atoms with E-state index >= 15 is 0 Å². The number of hydrogen-bond donors (Lipinski definition) is 4. The number of aliphatic hydroxyl groups is 2. The second-order valence-electron chi connectivity index (χ2n) is 11.8. The number of nitrogens with two attached hydrogens (primary N) is 1. The Morgan fingerprint density at radius 1 is 1.05 bits per heavy atom. The van der Waals surface area contributed by atoms with Crippen molar-refractivity contribution in [1.82, 2.24) is 29.4 Å². The van der Waals surface area contributed by atoms with E-state index in [2.05, 4.69) is 41.0 Å². The van der Waals surface area contributed by atoms with Crippen LogP contribution in [0.1, 0.15) is 31.9 Å². The average Bonchev–Trinajstić information content (AvgIpc) is 3.59. The summed E-state index contributed by atoms with van der Waals surface area (Å²) in [6.07, 6.45) is -3.97. The van der Waals surface area contributed by atoms with Gasteiger partial charge >= 0.3 is 6.18 Å². The minimum Gasteiger partial charge on any atom is -0.385 e. The van der Waals surface area contributed by atoms with Gasteiger partial charge in [0.1, 0.15) is 24.1 Å². The van der Waals surface area contributed by atoms with E-state index in [1.165, 1.54) is 29.4 Å². The Morgan fingerprint density at radius 2 is 1.71 bits per heavy atom. The zero-order chi connectivity index (χ0) is 30.0. The Hall–Kier alpha value is -3.78. The van der Waals surface area contributed by atoms with Crippen LogP contribution in [0.4, 0.5) is 19.0 Å². The molecule has 6 rings (SSSR count). The van der Waals surface area contributed by atoms with Crippen LogP contribution in [0.15, 0.2) is 49.1 Å². The maximum absolute atomic E-state index is 13.6. The lowest BCUT2D eigenvalue weighted by atomic mass is 9.86. The minimum absolute atomic E-state index is 0.143. The van der Waals surface area contributed by atoms with Crippen molar-refractivity contribution in [1.29, 1.82) is 0 Å². The number of hydrogen-bond acceptors (Lipinski definition) is 8. The topological polar surface area (TPSA) is 136 Å². The molecule has 0 bridgehead atoms. The first-order valence-corrected chi connectivity index (χ1v) is 13.6. The summed E-state index contributed by atoms with van der Waals surface area (Å²) in [6, 6.07) is 9.87. The van der Waals surface area contributed by atoms with E-state index in [9.17, 15) is 23.4 Å². The van der Waals surface area contributed by atoms with Crippen LogP contribution >= 0.6 is 0 Å². The first-order chi connectivity index (χ1) is 19.8. The molecule has 42 heavy (non-hydrogen) atoms. The largest absolute Gasteiger partial charge is 0.416 e. The highest BCUT2D eigenvalue weighted by Gasteiger charge is 2.50. The van der Waals surface area contributed by atoms with Gasteiger partial charge in [0, 0.05) is 41.4 Å². The molecular weight excluding hydrogens is 551 g/mol. The summed E-state index contributed by atoms with van der Waals surface area (Å²) in [5.41, 5.74) is 6.15. The Morgan fingerprint density at radius 3 is 2.38 bits per heavy atom. The molecule has 0 aliphatic carbocycles. The molecular formula is C29H32F3N7O3. The number of imidazole rings is 1. The summed E-state index contributed by atoms with van der Waals surface area (Å²) in [4.78, 5) is 12.2. The lowest BCUT2D eigenvalue weighted by molar-refractivity contribution is -0.137. The predicted molar refractivity (Wildman–Crippen MR) is 152 cm³/mol. The van der Waals surface area contributed by atoms with Crippen molar-refractivity contribution in [3.05, 3.63) is 60.2 Å². The highest BCUT2D eigenvalue weighted by molar-refractivity contribution is 6.08. The third-order valence-electron chi connectivity index (χ3n) is 8.03. The molecule has 3 aromatic heterocycles. The number of aromatic nitrogens is 5. The number of rotatable bonds is 6. The van der Waals surface area contributed by atoms with Crippen molar-refractivity contribution in [2.45, 2.75) is 56.8 Å². The van der Waals surface area contributed by atoms with Crippen molar-refractivity contribution in [3.8, 4) is 0 Å². The van der Waals surface area contributed by atoms with E-state index in [1.54, 1.807) is 0 Å². The molecule has 5 aromatic rings. The lowest BCUT2D eigenvalue weighted by Gasteiger charge is -2.28. The van der Waals surface area contributed by atoms with Crippen LogP contribution in [-0.2, 0) is 28.6 Å². The van der Waals surface area contributed by atoms with Gasteiger partial charge in [-0.05, 0) is 29.2 Å². The summed E-state index contributed by atoms with van der Waals surface area (Å²) in [5, 5.41) is 27.2. The molecule has 1 fully saturated rings. The average molecular weight is 584 g/mol. The van der Waals surface area contributed by atoms with Crippen LogP contribution in [0.2, 0.25) is 0 Å². The molecule has 2 aromatic carbocycles. The zero-order valence-corrected chi connectivity index (χ0v) is 23.4. The Bertz CT molecular complexity index is 1720. The van der Waals surface area contributed by atoms with Gasteiger partial charge in [0.25, 0.3) is 0 Å². The first kappa shape index (κ1) is 28.3. The van der Waals surface area contributed by atoms with E-state index in [1.807, 2.05) is 22.8 Å².